The van der Waals surface area contributed by atoms with Gasteiger partial charge in [0.05, 0.1) is 18.1 Å². The summed E-state index contributed by atoms with van der Waals surface area (Å²) in [5.41, 5.74) is 11.4. The number of nitrogens with two attached hydrogens (primary N) is 1. The van der Waals surface area contributed by atoms with Crippen molar-refractivity contribution in [3.8, 4) is 0 Å². The highest BCUT2D eigenvalue weighted by Crippen LogP contribution is 2.41. The Morgan fingerprint density at radius 3 is 1.87 bits per heavy atom. The SMILES string of the molecule is Cc1c(CCC[C@H](N)C(=O)N(C)N2CCCC2)ncn1C(c1ccccc1)(c1ccccc1)c1ccccc1. The van der Waals surface area contributed by atoms with Gasteiger partial charge in [0, 0.05) is 25.8 Å². The van der Waals surface area contributed by atoms with E-state index < -0.39 is 11.6 Å². The lowest BCUT2D eigenvalue weighted by molar-refractivity contribution is -0.145. The van der Waals surface area contributed by atoms with Gasteiger partial charge in [-0.05, 0) is 55.7 Å². The number of aryl methyl sites for hydroxylation is 1. The van der Waals surface area contributed by atoms with Crippen molar-refractivity contribution in [1.29, 1.82) is 0 Å². The summed E-state index contributed by atoms with van der Waals surface area (Å²) in [6, 6.07) is 31.4. The van der Waals surface area contributed by atoms with Gasteiger partial charge in [-0.15, -0.1) is 0 Å². The molecule has 5 rings (SSSR count). The van der Waals surface area contributed by atoms with Crippen LogP contribution in [0.3, 0.4) is 0 Å². The van der Waals surface area contributed by atoms with E-state index in [1.807, 2.05) is 13.4 Å². The topological polar surface area (TPSA) is 67.4 Å². The highest BCUT2D eigenvalue weighted by molar-refractivity contribution is 5.80. The summed E-state index contributed by atoms with van der Waals surface area (Å²) in [6.45, 7) is 4.01. The molecule has 6 nitrogen and oxygen atoms in total. The zero-order chi connectivity index (χ0) is 27.2. The van der Waals surface area contributed by atoms with Crippen LogP contribution in [0.2, 0.25) is 0 Å². The summed E-state index contributed by atoms with van der Waals surface area (Å²) >= 11 is 0. The lowest BCUT2D eigenvalue weighted by Gasteiger charge is -2.38. The summed E-state index contributed by atoms with van der Waals surface area (Å²) in [7, 11) is 1.84. The fraction of sp³-hybridized carbons (Fsp3) is 0.333. The summed E-state index contributed by atoms with van der Waals surface area (Å²) < 4.78 is 2.31. The van der Waals surface area contributed by atoms with Crippen molar-refractivity contribution in [1.82, 2.24) is 19.6 Å². The standard InChI is InChI=1S/C33H39N5O/c1-26-31(22-14-21-30(34)32(39)36(2)37-23-12-13-24-37)35-25-38(26)33(27-15-6-3-7-16-27,28-17-8-4-9-18-28)29-19-10-5-11-20-29/h3-11,15-20,25,30H,12-14,21-24,34H2,1-2H3/t30-/m0/s1. The Hall–Kier alpha value is -3.74. The number of benzene rings is 3. The second kappa shape index (κ2) is 12.0. The van der Waals surface area contributed by atoms with E-state index >= 15 is 0 Å². The van der Waals surface area contributed by atoms with E-state index in [9.17, 15) is 4.79 Å². The minimum absolute atomic E-state index is 0.00426. The van der Waals surface area contributed by atoms with Crippen LogP contribution in [0.4, 0.5) is 0 Å². The molecule has 3 aromatic carbocycles. The molecule has 0 radical (unpaired) electrons. The molecule has 1 amide bonds. The van der Waals surface area contributed by atoms with Crippen LogP contribution in [0.5, 0.6) is 0 Å². The molecule has 1 aliphatic heterocycles. The average Bonchev–Trinajstić information content (AvgIpc) is 3.66. The smallest absolute Gasteiger partial charge is 0.253 e. The van der Waals surface area contributed by atoms with Gasteiger partial charge in [-0.1, -0.05) is 91.0 Å². The highest BCUT2D eigenvalue weighted by Gasteiger charge is 2.39. The molecule has 0 aliphatic carbocycles. The number of hydrogen-bond donors (Lipinski definition) is 1. The van der Waals surface area contributed by atoms with Crippen molar-refractivity contribution < 1.29 is 4.79 Å². The van der Waals surface area contributed by atoms with Crippen LogP contribution in [0.15, 0.2) is 97.3 Å². The van der Waals surface area contributed by atoms with Crippen molar-refractivity contribution in [2.45, 2.75) is 50.6 Å². The Labute approximate surface area is 232 Å². The number of aromatic nitrogens is 2. The molecule has 0 saturated carbocycles. The predicted molar refractivity (Wildman–Crippen MR) is 156 cm³/mol. The number of carbonyl (C=O) groups is 1. The van der Waals surface area contributed by atoms with Crippen molar-refractivity contribution >= 4 is 5.91 Å². The maximum absolute atomic E-state index is 12.9. The predicted octanol–water partition coefficient (Wildman–Crippen LogP) is 5.15. The van der Waals surface area contributed by atoms with Crippen molar-refractivity contribution in [2.75, 3.05) is 20.1 Å². The summed E-state index contributed by atoms with van der Waals surface area (Å²) in [4.78, 5) is 17.8. The molecule has 1 atom stereocenters. The Balaban J connectivity index is 1.44. The van der Waals surface area contributed by atoms with Crippen molar-refractivity contribution in [3.05, 3.63) is 125 Å². The molecule has 1 fully saturated rings. The Kier molecular flexibility index (Phi) is 8.24. The number of imidazole rings is 1. The van der Waals surface area contributed by atoms with Crippen molar-refractivity contribution in [2.24, 2.45) is 5.73 Å². The number of amides is 1. The largest absolute Gasteiger partial charge is 0.320 e. The van der Waals surface area contributed by atoms with Crippen LogP contribution in [0.1, 0.15) is 53.8 Å². The maximum atomic E-state index is 12.9. The van der Waals surface area contributed by atoms with Gasteiger partial charge in [0.1, 0.15) is 5.54 Å². The molecule has 1 aromatic heterocycles. The van der Waals surface area contributed by atoms with Crippen LogP contribution in [0.25, 0.3) is 0 Å². The Morgan fingerprint density at radius 1 is 0.897 bits per heavy atom. The van der Waals surface area contributed by atoms with Crippen molar-refractivity contribution in [3.63, 3.8) is 0 Å². The van der Waals surface area contributed by atoms with Crippen LogP contribution < -0.4 is 5.73 Å². The van der Waals surface area contributed by atoms with E-state index in [4.69, 9.17) is 10.7 Å². The first-order valence-electron chi connectivity index (χ1n) is 14.0. The van der Waals surface area contributed by atoms with Crippen LogP contribution in [-0.4, -0.2) is 51.7 Å². The first kappa shape index (κ1) is 26.9. The summed E-state index contributed by atoms with van der Waals surface area (Å²) in [5.74, 6) is -0.00426. The van der Waals surface area contributed by atoms with Gasteiger partial charge < -0.3 is 10.3 Å². The van der Waals surface area contributed by atoms with Gasteiger partial charge in [-0.2, -0.15) is 0 Å². The van der Waals surface area contributed by atoms with E-state index in [1.165, 1.54) is 16.7 Å². The van der Waals surface area contributed by atoms with Gasteiger partial charge in [-0.25, -0.2) is 9.99 Å². The fourth-order valence-electron chi connectivity index (χ4n) is 5.98. The van der Waals surface area contributed by atoms with E-state index in [2.05, 4.69) is 107 Å². The minimum Gasteiger partial charge on any atom is -0.320 e. The monoisotopic (exact) mass is 521 g/mol. The van der Waals surface area contributed by atoms with Gasteiger partial charge in [0.25, 0.3) is 5.91 Å². The Morgan fingerprint density at radius 2 is 1.38 bits per heavy atom. The van der Waals surface area contributed by atoms with Crippen LogP contribution >= 0.6 is 0 Å². The fourth-order valence-corrected chi connectivity index (χ4v) is 5.98. The van der Waals surface area contributed by atoms with E-state index in [0.29, 0.717) is 6.42 Å². The van der Waals surface area contributed by atoms with Gasteiger partial charge in [0.2, 0.25) is 0 Å². The maximum Gasteiger partial charge on any atom is 0.253 e. The van der Waals surface area contributed by atoms with E-state index in [1.54, 1.807) is 5.01 Å². The summed E-state index contributed by atoms with van der Waals surface area (Å²) in [6.07, 6.45) is 6.43. The van der Waals surface area contributed by atoms with Gasteiger partial charge in [-0.3, -0.25) is 9.80 Å². The first-order chi connectivity index (χ1) is 19.0. The average molecular weight is 522 g/mol. The number of rotatable bonds is 10. The van der Waals surface area contributed by atoms with E-state index in [0.717, 1.165) is 50.2 Å². The molecule has 0 spiro atoms. The van der Waals surface area contributed by atoms with Gasteiger partial charge in [0.15, 0.2) is 0 Å². The second-order valence-electron chi connectivity index (χ2n) is 10.5. The number of hydrogen-bond acceptors (Lipinski definition) is 4. The van der Waals surface area contributed by atoms with Crippen LogP contribution in [-0.2, 0) is 16.8 Å². The third-order valence-corrected chi connectivity index (χ3v) is 8.12. The third kappa shape index (κ3) is 5.27. The van der Waals surface area contributed by atoms with Gasteiger partial charge >= 0.3 is 0 Å². The number of nitrogens with zero attached hydrogens (tertiary/aromatic N) is 4. The molecule has 2 N–H and O–H groups in total. The second-order valence-corrected chi connectivity index (χ2v) is 10.5. The molecule has 202 valence electrons. The molecule has 39 heavy (non-hydrogen) atoms. The first-order valence-corrected chi connectivity index (χ1v) is 14.0. The van der Waals surface area contributed by atoms with Crippen LogP contribution in [0, 0.1) is 6.92 Å². The third-order valence-electron chi connectivity index (χ3n) is 8.12. The Bertz CT molecular complexity index is 1250. The molecular weight excluding hydrogens is 482 g/mol. The minimum atomic E-state index is -0.579. The zero-order valence-electron chi connectivity index (χ0n) is 23.0. The summed E-state index contributed by atoms with van der Waals surface area (Å²) in [5, 5.41) is 3.83. The molecule has 2 heterocycles. The lowest BCUT2D eigenvalue weighted by Crippen LogP contribution is -2.49. The van der Waals surface area contributed by atoms with E-state index in [-0.39, 0.29) is 5.91 Å². The molecular formula is C33H39N5O. The molecule has 0 bridgehead atoms. The molecule has 0 unspecified atom stereocenters. The molecule has 1 saturated heterocycles. The lowest BCUT2D eigenvalue weighted by atomic mass is 9.76. The number of hydrazine groups is 1. The number of carbonyl (C=O) groups excluding carboxylic acids is 1. The molecule has 4 aromatic rings. The molecule has 1 aliphatic rings. The molecule has 6 heteroatoms. The quantitative estimate of drug-likeness (QED) is 0.293. The highest BCUT2D eigenvalue weighted by atomic mass is 16.2. The zero-order valence-corrected chi connectivity index (χ0v) is 23.0. The number of likely N-dealkylation sites (N-methyl/N-ethyl adjacent to an activating group) is 1. The normalized spacial score (nSPS) is 14.8.